The van der Waals surface area contributed by atoms with E-state index in [0.29, 0.717) is 12.3 Å². The predicted molar refractivity (Wildman–Crippen MR) is 39.0 cm³/mol. The second-order valence-electron chi connectivity index (χ2n) is 3.73. The maximum atomic E-state index is 10.7. The van der Waals surface area contributed by atoms with E-state index in [1.54, 1.807) is 0 Å². The highest BCUT2D eigenvalue weighted by molar-refractivity contribution is 6.34. The average Bonchev–Trinajstić information content (AvgIpc) is 2.45. The Bertz CT molecular complexity index is 204. The molecule has 0 aliphatic heterocycles. The maximum Gasteiger partial charge on any atom is 0.0869 e. The normalized spacial score (nSPS) is 48.1. The first kappa shape index (κ1) is 7.41. The van der Waals surface area contributed by atoms with Crippen molar-refractivity contribution in [2.24, 2.45) is 11.8 Å². The van der Waals surface area contributed by atoms with Crippen LogP contribution in [0.4, 0.5) is 0 Å². The van der Waals surface area contributed by atoms with Crippen molar-refractivity contribution >= 4 is 17.6 Å². The van der Waals surface area contributed by atoms with E-state index in [1.165, 1.54) is 0 Å². The van der Waals surface area contributed by atoms with Crippen LogP contribution in [0.5, 0.6) is 0 Å². The van der Waals surface area contributed by atoms with Crippen molar-refractivity contribution in [1.82, 2.24) is 0 Å². The van der Waals surface area contributed by atoms with Crippen LogP contribution in [-0.4, -0.2) is 10.8 Å². The van der Waals surface area contributed by atoms with Gasteiger partial charge in [-0.15, -0.1) is 11.6 Å². The zero-order chi connectivity index (χ0) is 8.06. The second kappa shape index (κ2) is 2.13. The molecule has 62 valence electrons. The number of carboxylic acids is 1. The first-order valence-electron chi connectivity index (χ1n) is 4.03. The van der Waals surface area contributed by atoms with Crippen molar-refractivity contribution in [1.29, 1.82) is 0 Å². The van der Waals surface area contributed by atoms with Gasteiger partial charge in [-0.1, -0.05) is 6.42 Å². The molecule has 0 heterocycles. The first-order chi connectivity index (χ1) is 5.13. The van der Waals surface area contributed by atoms with Gasteiger partial charge in [0.1, 0.15) is 0 Å². The van der Waals surface area contributed by atoms with Crippen LogP contribution in [0.1, 0.15) is 25.7 Å². The summed E-state index contributed by atoms with van der Waals surface area (Å²) < 4.78 is 0. The van der Waals surface area contributed by atoms with Gasteiger partial charge in [-0.25, -0.2) is 0 Å². The number of halogens is 1. The van der Waals surface area contributed by atoms with E-state index >= 15 is 0 Å². The van der Waals surface area contributed by atoms with Gasteiger partial charge in [0.25, 0.3) is 0 Å². The molecule has 0 spiro atoms. The van der Waals surface area contributed by atoms with E-state index in [9.17, 15) is 9.90 Å². The predicted octanol–water partition coefficient (Wildman–Crippen LogP) is 0.534. The fraction of sp³-hybridized carbons (Fsp3) is 0.875. The van der Waals surface area contributed by atoms with Crippen molar-refractivity contribution in [2.75, 3.05) is 0 Å². The van der Waals surface area contributed by atoms with Crippen molar-refractivity contribution in [3.63, 3.8) is 0 Å². The fourth-order valence-electron chi connectivity index (χ4n) is 2.51. The van der Waals surface area contributed by atoms with E-state index in [-0.39, 0.29) is 5.92 Å². The second-order valence-corrected chi connectivity index (χ2v) is 4.40. The molecule has 0 amide bonds. The Labute approximate surface area is 70.5 Å². The third-order valence-corrected chi connectivity index (χ3v) is 3.73. The topological polar surface area (TPSA) is 40.1 Å². The largest absolute Gasteiger partial charge is 0.548 e. The third-order valence-electron chi connectivity index (χ3n) is 3.11. The van der Waals surface area contributed by atoms with Crippen LogP contribution in [0.3, 0.4) is 0 Å². The van der Waals surface area contributed by atoms with Crippen LogP contribution in [0.25, 0.3) is 0 Å². The van der Waals surface area contributed by atoms with Gasteiger partial charge in [-0.05, 0) is 31.1 Å². The number of carboxylic acid groups (broad SMARTS) is 1. The SMILES string of the molecule is O=C([O-])[C@]1(Cl)C[C@@H]2CC[C@@H]1C2. The Hall–Kier alpha value is -0.240. The highest BCUT2D eigenvalue weighted by atomic mass is 35.5. The van der Waals surface area contributed by atoms with Gasteiger partial charge in [0, 0.05) is 0 Å². The Morgan fingerprint density at radius 2 is 2.27 bits per heavy atom. The molecular weight excluding hydrogens is 164 g/mol. The summed E-state index contributed by atoms with van der Waals surface area (Å²) >= 11 is 5.94. The van der Waals surface area contributed by atoms with E-state index < -0.39 is 10.8 Å². The molecule has 0 aromatic rings. The van der Waals surface area contributed by atoms with Crippen molar-refractivity contribution in [3.8, 4) is 0 Å². The Morgan fingerprint density at radius 3 is 2.55 bits per heavy atom. The number of aliphatic carboxylic acids is 1. The molecule has 0 radical (unpaired) electrons. The minimum absolute atomic E-state index is 0.180. The molecule has 2 nitrogen and oxygen atoms in total. The highest BCUT2D eigenvalue weighted by Gasteiger charge is 2.50. The Morgan fingerprint density at radius 1 is 1.55 bits per heavy atom. The number of hydrogen-bond acceptors (Lipinski definition) is 2. The summed E-state index contributed by atoms with van der Waals surface area (Å²) in [5.74, 6) is -0.332. The van der Waals surface area contributed by atoms with Gasteiger partial charge < -0.3 is 9.90 Å². The zero-order valence-corrected chi connectivity index (χ0v) is 6.93. The van der Waals surface area contributed by atoms with Crippen molar-refractivity contribution < 1.29 is 9.90 Å². The standard InChI is InChI=1S/C8H11ClO2/c9-8(7(10)11)4-5-1-2-6(8)3-5/h5-6H,1-4H2,(H,10,11)/p-1/t5-,6-,8+/m1/s1. The molecule has 3 atom stereocenters. The molecule has 0 unspecified atom stereocenters. The summed E-state index contributed by atoms with van der Waals surface area (Å²) in [6.07, 6.45) is 3.76. The molecule has 3 heteroatoms. The monoisotopic (exact) mass is 173 g/mol. The molecule has 11 heavy (non-hydrogen) atoms. The molecule has 2 fully saturated rings. The number of fused-ring (bicyclic) bond motifs is 2. The van der Waals surface area contributed by atoms with Crippen LogP contribution < -0.4 is 5.11 Å². The van der Waals surface area contributed by atoms with Gasteiger partial charge in [-0.3, -0.25) is 0 Å². The van der Waals surface area contributed by atoms with Gasteiger partial charge in [0.2, 0.25) is 0 Å². The third kappa shape index (κ3) is 0.886. The smallest absolute Gasteiger partial charge is 0.0869 e. The Kier molecular flexibility index (Phi) is 1.43. The quantitative estimate of drug-likeness (QED) is 0.543. The van der Waals surface area contributed by atoms with Crippen LogP contribution in [0, 0.1) is 11.8 Å². The fourth-order valence-corrected chi connectivity index (χ4v) is 2.93. The maximum absolute atomic E-state index is 10.7. The highest BCUT2D eigenvalue weighted by Crippen LogP contribution is 2.53. The summed E-state index contributed by atoms with van der Waals surface area (Å²) in [4.78, 5) is 9.66. The van der Waals surface area contributed by atoms with Crippen LogP contribution in [0.2, 0.25) is 0 Å². The summed E-state index contributed by atoms with van der Waals surface area (Å²) in [7, 11) is 0. The van der Waals surface area contributed by atoms with Gasteiger partial charge in [0.15, 0.2) is 0 Å². The number of hydrogen-bond donors (Lipinski definition) is 0. The van der Waals surface area contributed by atoms with Crippen molar-refractivity contribution in [2.45, 2.75) is 30.6 Å². The molecule has 2 aliphatic rings. The van der Waals surface area contributed by atoms with E-state index in [2.05, 4.69) is 0 Å². The molecule has 2 saturated carbocycles. The summed E-state index contributed by atoms with van der Waals surface area (Å²) in [6.45, 7) is 0. The molecular formula is C8H10ClO2-. The average molecular weight is 174 g/mol. The zero-order valence-electron chi connectivity index (χ0n) is 6.18. The summed E-state index contributed by atoms with van der Waals surface area (Å²) in [5.41, 5.74) is 0. The lowest BCUT2D eigenvalue weighted by Crippen LogP contribution is -2.47. The lowest BCUT2D eigenvalue weighted by atomic mass is 9.88. The number of alkyl halides is 1. The van der Waals surface area contributed by atoms with Crippen molar-refractivity contribution in [3.05, 3.63) is 0 Å². The lowest BCUT2D eigenvalue weighted by Gasteiger charge is -2.32. The van der Waals surface area contributed by atoms with E-state index in [0.717, 1.165) is 19.3 Å². The molecule has 2 bridgehead atoms. The Balaban J connectivity index is 2.23. The molecule has 0 aromatic carbocycles. The van der Waals surface area contributed by atoms with Crippen LogP contribution in [0.15, 0.2) is 0 Å². The van der Waals surface area contributed by atoms with Crippen LogP contribution in [-0.2, 0) is 4.79 Å². The molecule has 2 aliphatic carbocycles. The number of carbonyl (C=O) groups is 1. The summed E-state index contributed by atoms with van der Waals surface area (Å²) in [5, 5.41) is 10.7. The number of rotatable bonds is 1. The minimum atomic E-state index is -1.06. The van der Waals surface area contributed by atoms with Gasteiger partial charge in [0.05, 0.1) is 10.8 Å². The van der Waals surface area contributed by atoms with E-state index in [1.807, 2.05) is 0 Å². The summed E-state index contributed by atoms with van der Waals surface area (Å²) in [6, 6.07) is 0. The van der Waals surface area contributed by atoms with Gasteiger partial charge in [-0.2, -0.15) is 0 Å². The van der Waals surface area contributed by atoms with E-state index in [4.69, 9.17) is 11.6 Å². The number of carbonyl (C=O) groups excluding carboxylic acids is 1. The molecule has 0 saturated heterocycles. The molecule has 0 aromatic heterocycles. The molecule has 2 rings (SSSR count). The van der Waals surface area contributed by atoms with Crippen LogP contribution >= 0.6 is 11.6 Å². The lowest BCUT2D eigenvalue weighted by molar-refractivity contribution is -0.311. The molecule has 0 N–H and O–H groups in total. The van der Waals surface area contributed by atoms with Gasteiger partial charge >= 0.3 is 0 Å². The first-order valence-corrected chi connectivity index (χ1v) is 4.41. The minimum Gasteiger partial charge on any atom is -0.548 e.